The Morgan fingerprint density at radius 3 is 3.08 bits per heavy atom. The normalized spacial score (nSPS) is 19.3. The Balaban J connectivity index is 1.53. The van der Waals surface area contributed by atoms with Crippen LogP contribution in [0.2, 0.25) is 0 Å². The lowest BCUT2D eigenvalue weighted by atomic mass is 10.1. The number of Topliss-reactive ketones (excluding diaryl/α,β-unsaturated/α-hetero) is 1. The average molecular weight is 345 g/mol. The number of benzene rings is 1. The highest BCUT2D eigenvalue weighted by atomic mass is 32.1. The van der Waals surface area contributed by atoms with Gasteiger partial charge in [0.25, 0.3) is 0 Å². The van der Waals surface area contributed by atoms with Gasteiger partial charge in [-0.05, 0) is 60.8 Å². The van der Waals surface area contributed by atoms with E-state index in [1.165, 1.54) is 12.5 Å². The minimum absolute atomic E-state index is 0.0108. The van der Waals surface area contributed by atoms with Crippen LogP contribution in [-0.2, 0) is 0 Å². The molecule has 3 rings (SSSR count). The van der Waals surface area contributed by atoms with E-state index in [4.69, 9.17) is 4.74 Å². The van der Waals surface area contributed by atoms with Gasteiger partial charge in [-0.1, -0.05) is 12.1 Å². The van der Waals surface area contributed by atoms with Crippen LogP contribution in [0, 0.1) is 0 Å². The molecule has 2 aromatic rings. The van der Waals surface area contributed by atoms with E-state index in [2.05, 4.69) is 21.7 Å². The van der Waals surface area contributed by atoms with Gasteiger partial charge in [-0.15, -0.1) is 0 Å². The number of likely N-dealkylation sites (tertiary alicyclic amines) is 1. The molecule has 0 spiro atoms. The molecule has 0 aliphatic carbocycles. The van der Waals surface area contributed by atoms with Crippen molar-refractivity contribution in [2.45, 2.75) is 31.9 Å². The lowest BCUT2D eigenvalue weighted by Crippen LogP contribution is -2.35. The van der Waals surface area contributed by atoms with Gasteiger partial charge >= 0.3 is 0 Å². The highest BCUT2D eigenvalue weighted by Crippen LogP contribution is 2.32. The lowest BCUT2D eigenvalue weighted by molar-refractivity contribution is 0.0639. The van der Waals surface area contributed by atoms with Crippen LogP contribution < -0.4 is 4.74 Å². The zero-order valence-corrected chi connectivity index (χ0v) is 14.7. The Labute approximate surface area is 146 Å². The van der Waals surface area contributed by atoms with E-state index in [9.17, 15) is 9.90 Å². The summed E-state index contributed by atoms with van der Waals surface area (Å²) in [7, 11) is 0. The first-order valence-electron chi connectivity index (χ1n) is 8.31. The third kappa shape index (κ3) is 4.23. The molecule has 0 radical (unpaired) electrons. The summed E-state index contributed by atoms with van der Waals surface area (Å²) >= 11 is 1.72. The second-order valence-electron chi connectivity index (χ2n) is 6.26. The summed E-state index contributed by atoms with van der Waals surface area (Å²) in [5.74, 6) is 0.634. The largest absolute Gasteiger partial charge is 0.491 e. The van der Waals surface area contributed by atoms with Crippen molar-refractivity contribution in [3.8, 4) is 5.75 Å². The van der Waals surface area contributed by atoms with E-state index in [0.29, 0.717) is 23.9 Å². The molecule has 1 saturated heterocycles. The molecule has 1 aliphatic heterocycles. The Kier molecular flexibility index (Phi) is 5.66. The second-order valence-corrected chi connectivity index (χ2v) is 7.04. The van der Waals surface area contributed by atoms with Crippen LogP contribution in [0.15, 0.2) is 41.1 Å². The van der Waals surface area contributed by atoms with Crippen molar-refractivity contribution in [1.82, 2.24) is 4.90 Å². The number of aliphatic hydroxyl groups is 1. The van der Waals surface area contributed by atoms with Gasteiger partial charge in [0.1, 0.15) is 18.5 Å². The second kappa shape index (κ2) is 7.92. The summed E-state index contributed by atoms with van der Waals surface area (Å²) in [5, 5.41) is 14.6. The number of ketones is 1. The number of carbonyl (C=O) groups excluding carboxylic acids is 1. The molecule has 2 atom stereocenters. The van der Waals surface area contributed by atoms with Gasteiger partial charge in [-0.2, -0.15) is 11.3 Å². The van der Waals surface area contributed by atoms with Gasteiger partial charge in [-0.25, -0.2) is 0 Å². The zero-order valence-electron chi connectivity index (χ0n) is 13.9. The predicted octanol–water partition coefficient (Wildman–Crippen LogP) is 3.53. The van der Waals surface area contributed by atoms with Crippen molar-refractivity contribution in [3.05, 3.63) is 52.2 Å². The molecule has 0 bridgehead atoms. The van der Waals surface area contributed by atoms with Crippen molar-refractivity contribution < 1.29 is 14.6 Å². The number of nitrogens with zero attached hydrogens (tertiary/aromatic N) is 1. The quantitative estimate of drug-likeness (QED) is 0.780. The molecule has 128 valence electrons. The monoisotopic (exact) mass is 345 g/mol. The van der Waals surface area contributed by atoms with E-state index in [0.717, 1.165) is 19.4 Å². The summed E-state index contributed by atoms with van der Waals surface area (Å²) < 4.78 is 5.67. The maximum absolute atomic E-state index is 11.4. The molecule has 1 aliphatic rings. The van der Waals surface area contributed by atoms with Crippen molar-refractivity contribution in [2.24, 2.45) is 0 Å². The van der Waals surface area contributed by atoms with Gasteiger partial charge in [0.15, 0.2) is 5.78 Å². The molecule has 0 saturated carbocycles. The van der Waals surface area contributed by atoms with Gasteiger partial charge in [-0.3, -0.25) is 9.69 Å². The molecule has 0 unspecified atom stereocenters. The predicted molar refractivity (Wildman–Crippen MR) is 95.8 cm³/mol. The molecule has 0 amide bonds. The molecule has 24 heavy (non-hydrogen) atoms. The zero-order chi connectivity index (χ0) is 16.9. The summed E-state index contributed by atoms with van der Waals surface area (Å²) in [6, 6.07) is 9.67. The van der Waals surface area contributed by atoms with Crippen molar-refractivity contribution in [3.63, 3.8) is 0 Å². The molecule has 4 nitrogen and oxygen atoms in total. The number of hydrogen-bond donors (Lipinski definition) is 1. The fourth-order valence-corrected chi connectivity index (χ4v) is 3.91. The van der Waals surface area contributed by atoms with Crippen LogP contribution in [0.3, 0.4) is 0 Å². The Morgan fingerprint density at radius 2 is 2.33 bits per heavy atom. The fourth-order valence-electron chi connectivity index (χ4n) is 3.21. The molecular formula is C19H23NO3S. The first-order valence-corrected chi connectivity index (χ1v) is 9.26. The summed E-state index contributed by atoms with van der Waals surface area (Å²) in [5.41, 5.74) is 1.97. The van der Waals surface area contributed by atoms with Crippen molar-refractivity contribution in [2.75, 3.05) is 19.7 Å². The lowest BCUT2D eigenvalue weighted by Gasteiger charge is -2.26. The third-order valence-corrected chi connectivity index (χ3v) is 5.12. The number of aliphatic hydroxyl groups excluding tert-OH is 1. The summed E-state index contributed by atoms with van der Waals surface area (Å²) in [4.78, 5) is 13.7. The first kappa shape index (κ1) is 17.1. The van der Waals surface area contributed by atoms with Crippen LogP contribution in [0.1, 0.15) is 41.7 Å². The standard InChI is InChI=1S/C19H23NO3S/c1-14(21)15-4-2-5-18(10-15)23-12-17(22)11-20-8-3-6-19(20)16-7-9-24-13-16/h2,4-5,7,9-10,13,17,19,22H,3,6,8,11-12H2,1H3/t17-,19-/m0/s1. The van der Waals surface area contributed by atoms with Gasteiger partial charge in [0.2, 0.25) is 0 Å². The average Bonchev–Trinajstić information content (AvgIpc) is 3.24. The maximum Gasteiger partial charge on any atom is 0.159 e. The number of carbonyl (C=O) groups is 1. The van der Waals surface area contributed by atoms with Crippen LogP contribution in [0.4, 0.5) is 0 Å². The van der Waals surface area contributed by atoms with Gasteiger partial charge < -0.3 is 9.84 Å². The molecular weight excluding hydrogens is 322 g/mol. The van der Waals surface area contributed by atoms with Crippen LogP contribution in [0.5, 0.6) is 5.75 Å². The molecule has 1 aromatic carbocycles. The first-order chi connectivity index (χ1) is 11.6. The van der Waals surface area contributed by atoms with E-state index >= 15 is 0 Å². The summed E-state index contributed by atoms with van der Waals surface area (Å²) in [6.07, 6.45) is 1.75. The third-order valence-electron chi connectivity index (χ3n) is 4.42. The van der Waals surface area contributed by atoms with Gasteiger partial charge in [0, 0.05) is 18.2 Å². The number of hydrogen-bond acceptors (Lipinski definition) is 5. The SMILES string of the molecule is CC(=O)c1cccc(OC[C@@H](O)CN2CCC[C@H]2c2ccsc2)c1. The molecule has 5 heteroatoms. The van der Waals surface area contributed by atoms with Gasteiger partial charge in [0.05, 0.1) is 0 Å². The smallest absolute Gasteiger partial charge is 0.159 e. The maximum atomic E-state index is 11.4. The van der Waals surface area contributed by atoms with Crippen LogP contribution in [0.25, 0.3) is 0 Å². The van der Waals surface area contributed by atoms with Crippen LogP contribution in [-0.4, -0.2) is 41.6 Å². The minimum Gasteiger partial charge on any atom is -0.491 e. The minimum atomic E-state index is -0.551. The number of β-amino-alcohol motifs (C(OH)–C–C–N with tert-alkyl or cyclic N) is 1. The van der Waals surface area contributed by atoms with E-state index in [-0.39, 0.29) is 12.4 Å². The molecule has 1 N–H and O–H groups in total. The highest BCUT2D eigenvalue weighted by Gasteiger charge is 2.27. The molecule has 1 fully saturated rings. The highest BCUT2D eigenvalue weighted by molar-refractivity contribution is 7.07. The number of ether oxygens (including phenoxy) is 1. The number of rotatable bonds is 7. The van der Waals surface area contributed by atoms with E-state index in [1.54, 1.807) is 29.5 Å². The Morgan fingerprint density at radius 1 is 1.46 bits per heavy atom. The van der Waals surface area contributed by atoms with E-state index < -0.39 is 6.10 Å². The topological polar surface area (TPSA) is 49.8 Å². The number of thiophene rings is 1. The molecule has 1 aromatic heterocycles. The molecule has 2 heterocycles. The van der Waals surface area contributed by atoms with Crippen molar-refractivity contribution in [1.29, 1.82) is 0 Å². The van der Waals surface area contributed by atoms with Crippen molar-refractivity contribution >= 4 is 17.1 Å². The van der Waals surface area contributed by atoms with Crippen LogP contribution >= 0.6 is 11.3 Å². The summed E-state index contributed by atoms with van der Waals surface area (Å²) in [6.45, 7) is 3.38. The van der Waals surface area contributed by atoms with E-state index in [1.807, 2.05) is 6.07 Å². The Bertz CT molecular complexity index is 671. The fraction of sp³-hybridized carbons (Fsp3) is 0.421. The Hall–Kier alpha value is -1.69.